The molecule has 0 spiro atoms. The quantitative estimate of drug-likeness (QED) is 0.675. The molecule has 0 aromatic heterocycles. The summed E-state index contributed by atoms with van der Waals surface area (Å²) in [7, 11) is 0.504. The highest BCUT2D eigenvalue weighted by atomic mass is 32.2. The molecule has 1 saturated carbocycles. The van der Waals surface area contributed by atoms with Crippen LogP contribution in [0.25, 0.3) is 0 Å². The predicted molar refractivity (Wildman–Crippen MR) is 97.9 cm³/mol. The van der Waals surface area contributed by atoms with E-state index >= 15 is 0 Å². The fourth-order valence-corrected chi connectivity index (χ4v) is 3.48. The molecule has 1 aliphatic rings. The topological polar surface area (TPSA) is 96.0 Å². The summed E-state index contributed by atoms with van der Waals surface area (Å²) in [5.74, 6) is -0.662. The summed E-state index contributed by atoms with van der Waals surface area (Å²) in [6.07, 6.45) is 1.51. The van der Waals surface area contributed by atoms with Crippen LogP contribution in [0.15, 0.2) is 24.3 Å². The number of nitrogens with zero attached hydrogens (tertiary/aromatic N) is 2. The highest BCUT2D eigenvalue weighted by Crippen LogP contribution is 2.49. The van der Waals surface area contributed by atoms with Gasteiger partial charge in [0, 0.05) is 26.8 Å². The van der Waals surface area contributed by atoms with Gasteiger partial charge < -0.3 is 10.1 Å². The Hall–Kier alpha value is -1.97. The van der Waals surface area contributed by atoms with Gasteiger partial charge in [0.1, 0.15) is 0 Å². The van der Waals surface area contributed by atoms with Crippen molar-refractivity contribution in [2.75, 3.05) is 39.6 Å². The lowest BCUT2D eigenvalue weighted by atomic mass is 9.96. The average molecular weight is 383 g/mol. The Bertz CT molecular complexity index is 770. The molecule has 0 heterocycles. The second-order valence-corrected chi connectivity index (χ2v) is 8.72. The van der Waals surface area contributed by atoms with Gasteiger partial charge in [-0.3, -0.25) is 9.59 Å². The largest absolute Gasteiger partial charge is 0.465 e. The molecule has 1 aromatic carbocycles. The lowest BCUT2D eigenvalue weighted by Gasteiger charge is -2.20. The van der Waals surface area contributed by atoms with E-state index < -0.39 is 21.5 Å². The predicted octanol–water partition coefficient (Wildman–Crippen LogP) is 0.958. The minimum atomic E-state index is -3.64. The van der Waals surface area contributed by atoms with Crippen LogP contribution in [0.2, 0.25) is 0 Å². The van der Waals surface area contributed by atoms with Crippen LogP contribution < -0.4 is 5.32 Å². The Morgan fingerprint density at radius 2 is 1.73 bits per heavy atom. The van der Waals surface area contributed by atoms with Crippen molar-refractivity contribution in [3.8, 4) is 0 Å². The van der Waals surface area contributed by atoms with Crippen molar-refractivity contribution in [3.63, 3.8) is 0 Å². The number of hydrogen-bond acceptors (Lipinski definition) is 5. The van der Waals surface area contributed by atoms with Crippen LogP contribution in [0.3, 0.4) is 0 Å². The molecule has 1 fully saturated rings. The van der Waals surface area contributed by atoms with Gasteiger partial charge in [-0.1, -0.05) is 12.1 Å². The third-order valence-corrected chi connectivity index (χ3v) is 6.20. The zero-order valence-electron chi connectivity index (χ0n) is 15.5. The van der Waals surface area contributed by atoms with Gasteiger partial charge >= 0.3 is 5.97 Å². The highest BCUT2D eigenvalue weighted by Gasteiger charge is 2.52. The summed E-state index contributed by atoms with van der Waals surface area (Å²) < 4.78 is 31.0. The maximum Gasteiger partial charge on any atom is 0.316 e. The van der Waals surface area contributed by atoms with E-state index in [2.05, 4.69) is 5.32 Å². The van der Waals surface area contributed by atoms with Crippen molar-refractivity contribution in [3.05, 3.63) is 29.8 Å². The number of amides is 1. The van der Waals surface area contributed by atoms with Crippen molar-refractivity contribution < 1.29 is 22.7 Å². The van der Waals surface area contributed by atoms with Gasteiger partial charge in [-0.2, -0.15) is 17.0 Å². The third kappa shape index (κ3) is 4.22. The molecule has 8 nitrogen and oxygen atoms in total. The van der Waals surface area contributed by atoms with Crippen LogP contribution in [0.5, 0.6) is 0 Å². The molecule has 1 amide bonds. The molecular formula is C17H25N3O5S. The summed E-state index contributed by atoms with van der Waals surface area (Å²) >= 11 is 0. The van der Waals surface area contributed by atoms with Crippen LogP contribution >= 0.6 is 0 Å². The number of ether oxygens (including phenoxy) is 1. The first kappa shape index (κ1) is 20.3. The number of esters is 1. The van der Waals surface area contributed by atoms with Crippen LogP contribution in [-0.4, -0.2) is 63.2 Å². The molecule has 0 unspecified atom stereocenters. The molecule has 0 saturated heterocycles. The molecular weight excluding hydrogens is 358 g/mol. The van der Waals surface area contributed by atoms with Gasteiger partial charge in [-0.05, 0) is 37.5 Å². The number of benzene rings is 1. The Balaban J connectivity index is 1.99. The van der Waals surface area contributed by atoms with Crippen molar-refractivity contribution >= 4 is 27.8 Å². The maximum absolute atomic E-state index is 12.1. The fraction of sp³-hybridized carbons (Fsp3) is 0.529. The normalized spacial score (nSPS) is 15.8. The van der Waals surface area contributed by atoms with Crippen molar-refractivity contribution in [2.45, 2.75) is 25.2 Å². The summed E-state index contributed by atoms with van der Waals surface area (Å²) in [5, 5.41) is 2.66. The molecule has 2 rings (SSSR count). The zero-order chi connectivity index (χ0) is 19.5. The Morgan fingerprint density at radius 3 is 2.19 bits per heavy atom. The van der Waals surface area contributed by atoms with Crippen LogP contribution in [0.4, 0.5) is 5.69 Å². The number of likely N-dealkylation sites (N-methyl/N-ethyl adjacent to an activating group) is 1. The molecule has 144 valence electrons. The van der Waals surface area contributed by atoms with Gasteiger partial charge in [0.25, 0.3) is 10.2 Å². The molecule has 0 aliphatic heterocycles. The van der Waals surface area contributed by atoms with E-state index in [0.29, 0.717) is 12.3 Å². The summed E-state index contributed by atoms with van der Waals surface area (Å²) in [6, 6.07) is 6.99. The third-order valence-electron chi connectivity index (χ3n) is 4.36. The van der Waals surface area contributed by atoms with Crippen molar-refractivity contribution in [1.82, 2.24) is 8.61 Å². The monoisotopic (exact) mass is 383 g/mol. The van der Waals surface area contributed by atoms with Crippen LogP contribution in [0, 0.1) is 0 Å². The van der Waals surface area contributed by atoms with Gasteiger partial charge in [0.2, 0.25) is 5.91 Å². The minimum absolute atomic E-state index is 0.215. The van der Waals surface area contributed by atoms with Gasteiger partial charge in [-0.25, -0.2) is 0 Å². The van der Waals surface area contributed by atoms with E-state index in [1.807, 2.05) is 0 Å². The van der Waals surface area contributed by atoms with Crippen molar-refractivity contribution in [2.24, 2.45) is 0 Å². The Labute approximate surface area is 154 Å². The van der Waals surface area contributed by atoms with E-state index in [0.717, 1.165) is 27.0 Å². The van der Waals surface area contributed by atoms with Crippen LogP contribution in [0.1, 0.15) is 25.3 Å². The van der Waals surface area contributed by atoms with Gasteiger partial charge in [-0.15, -0.1) is 0 Å². The second-order valence-electron chi connectivity index (χ2n) is 6.47. The number of hydrogen-bond donors (Lipinski definition) is 1. The molecule has 1 aromatic rings. The molecule has 1 aliphatic carbocycles. The van der Waals surface area contributed by atoms with Gasteiger partial charge in [0.05, 0.1) is 18.6 Å². The van der Waals surface area contributed by atoms with E-state index in [1.54, 1.807) is 31.2 Å². The summed E-state index contributed by atoms with van der Waals surface area (Å²) in [4.78, 5) is 24.2. The molecule has 1 N–H and O–H groups in total. The Kier molecular flexibility index (Phi) is 6.05. The smallest absolute Gasteiger partial charge is 0.316 e. The fourth-order valence-electron chi connectivity index (χ4n) is 2.64. The first-order valence-corrected chi connectivity index (χ1v) is 9.74. The molecule has 9 heteroatoms. The molecule has 26 heavy (non-hydrogen) atoms. The number of rotatable bonds is 8. The van der Waals surface area contributed by atoms with Gasteiger partial charge in [0.15, 0.2) is 0 Å². The zero-order valence-corrected chi connectivity index (χ0v) is 16.3. The number of carbonyl (C=O) groups excluding carboxylic acids is 2. The first-order chi connectivity index (χ1) is 12.1. The summed E-state index contributed by atoms with van der Waals surface area (Å²) in [6.45, 7) is 1.83. The highest BCUT2D eigenvalue weighted by molar-refractivity contribution is 7.86. The lowest BCUT2D eigenvalue weighted by Crippen LogP contribution is -2.41. The molecule has 0 atom stereocenters. The lowest BCUT2D eigenvalue weighted by molar-refractivity contribution is -0.146. The maximum atomic E-state index is 12.1. The first-order valence-electron chi connectivity index (χ1n) is 8.35. The average Bonchev–Trinajstić information content (AvgIpc) is 3.37. The Morgan fingerprint density at radius 1 is 1.15 bits per heavy atom. The molecule has 0 radical (unpaired) electrons. The summed E-state index contributed by atoms with van der Waals surface area (Å²) in [5.41, 5.74) is 0.841. The SMILES string of the molecule is CCOC(=O)C1(c2ccc(NC(=O)CN(C)S(=O)(=O)N(C)C)cc2)CC1. The minimum Gasteiger partial charge on any atom is -0.465 e. The second kappa shape index (κ2) is 7.73. The van der Waals surface area contributed by atoms with Crippen molar-refractivity contribution in [1.29, 1.82) is 0 Å². The van der Waals surface area contributed by atoms with E-state index in [1.165, 1.54) is 21.1 Å². The number of nitrogens with one attached hydrogen (secondary N) is 1. The van der Waals surface area contributed by atoms with E-state index in [9.17, 15) is 18.0 Å². The van der Waals surface area contributed by atoms with E-state index in [4.69, 9.17) is 4.74 Å². The number of anilines is 1. The number of carbonyl (C=O) groups is 2. The van der Waals surface area contributed by atoms with Crippen LogP contribution in [-0.2, 0) is 30.0 Å². The van der Waals surface area contributed by atoms with E-state index in [-0.39, 0.29) is 12.5 Å². The standard InChI is InChI=1S/C17H25N3O5S/c1-5-25-16(22)17(10-11-17)13-6-8-14(9-7-13)18-15(21)12-20(4)26(23,24)19(2)3/h6-9H,5,10-12H2,1-4H3,(H,18,21). The molecule has 0 bridgehead atoms.